The molecule has 1 aliphatic carbocycles. The second kappa shape index (κ2) is 7.08. The topological polar surface area (TPSA) is 111 Å². The quantitative estimate of drug-likeness (QED) is 0.676. The molecule has 9 nitrogen and oxygen atoms in total. The van der Waals surface area contributed by atoms with Crippen LogP contribution in [0.1, 0.15) is 28.2 Å². The largest absolute Gasteiger partial charge is 0.454 e. The molecule has 1 aliphatic heterocycles. The third-order valence-corrected chi connectivity index (χ3v) is 5.12. The van der Waals surface area contributed by atoms with Crippen molar-refractivity contribution in [3.63, 3.8) is 0 Å². The van der Waals surface area contributed by atoms with Crippen LogP contribution in [0.25, 0.3) is 11.3 Å². The lowest BCUT2D eigenvalue weighted by molar-refractivity contribution is 0.0946. The molecule has 148 valence electrons. The molecular weight excluding hydrogens is 374 g/mol. The number of ether oxygens (including phenoxy) is 2. The molecule has 29 heavy (non-hydrogen) atoms. The lowest BCUT2D eigenvalue weighted by Gasteiger charge is -2.07. The van der Waals surface area contributed by atoms with Gasteiger partial charge in [-0.2, -0.15) is 10.2 Å². The van der Waals surface area contributed by atoms with Gasteiger partial charge < -0.3 is 14.8 Å². The Labute approximate surface area is 165 Å². The summed E-state index contributed by atoms with van der Waals surface area (Å²) in [4.78, 5) is 24.5. The van der Waals surface area contributed by atoms with E-state index in [9.17, 15) is 9.59 Å². The molecule has 1 aromatic carbocycles. The van der Waals surface area contributed by atoms with Crippen LogP contribution < -0.4 is 20.3 Å². The van der Waals surface area contributed by atoms with Crippen LogP contribution in [0.4, 0.5) is 0 Å². The van der Waals surface area contributed by atoms with Crippen LogP contribution in [0.3, 0.4) is 0 Å². The molecular formula is C20H19N5O4. The molecule has 0 unspecified atom stereocenters. The van der Waals surface area contributed by atoms with Gasteiger partial charge in [-0.1, -0.05) is 0 Å². The van der Waals surface area contributed by atoms with Gasteiger partial charge >= 0.3 is 0 Å². The summed E-state index contributed by atoms with van der Waals surface area (Å²) in [6, 6.07) is 8.83. The van der Waals surface area contributed by atoms with Crippen molar-refractivity contribution in [1.82, 2.24) is 25.3 Å². The summed E-state index contributed by atoms with van der Waals surface area (Å²) in [5, 5.41) is 14.1. The van der Waals surface area contributed by atoms with Gasteiger partial charge in [0.25, 0.3) is 11.5 Å². The van der Waals surface area contributed by atoms with E-state index in [1.165, 1.54) is 4.68 Å². The normalized spacial score (nSPS) is 14.1. The van der Waals surface area contributed by atoms with E-state index >= 15 is 0 Å². The fourth-order valence-corrected chi connectivity index (χ4v) is 3.61. The summed E-state index contributed by atoms with van der Waals surface area (Å²) < 4.78 is 12.1. The maximum Gasteiger partial charge on any atom is 0.269 e. The zero-order valence-corrected chi connectivity index (χ0v) is 15.6. The minimum Gasteiger partial charge on any atom is -0.454 e. The number of rotatable bonds is 5. The second-order valence-corrected chi connectivity index (χ2v) is 7.02. The number of fused-ring (bicyclic) bond motifs is 2. The van der Waals surface area contributed by atoms with Crippen LogP contribution in [0.15, 0.2) is 35.1 Å². The molecule has 0 saturated heterocycles. The molecule has 2 aliphatic rings. The van der Waals surface area contributed by atoms with Crippen molar-refractivity contribution in [2.24, 2.45) is 0 Å². The Morgan fingerprint density at radius 1 is 1.17 bits per heavy atom. The van der Waals surface area contributed by atoms with Crippen LogP contribution in [0.2, 0.25) is 0 Å². The highest BCUT2D eigenvalue weighted by molar-refractivity contribution is 5.93. The maximum absolute atomic E-state index is 12.4. The van der Waals surface area contributed by atoms with Gasteiger partial charge in [0.1, 0.15) is 5.69 Å². The molecule has 3 aromatic rings. The van der Waals surface area contributed by atoms with Crippen molar-refractivity contribution in [1.29, 1.82) is 0 Å². The van der Waals surface area contributed by atoms with Crippen LogP contribution in [-0.2, 0) is 19.4 Å². The first-order valence-electron chi connectivity index (χ1n) is 9.51. The highest BCUT2D eigenvalue weighted by atomic mass is 16.7. The lowest BCUT2D eigenvalue weighted by Crippen LogP contribution is -2.32. The molecule has 0 fully saturated rings. The van der Waals surface area contributed by atoms with Crippen molar-refractivity contribution in [3.8, 4) is 22.8 Å². The number of aryl methyl sites for hydroxylation is 2. The smallest absolute Gasteiger partial charge is 0.269 e. The Kier molecular flexibility index (Phi) is 4.27. The predicted octanol–water partition coefficient (Wildman–Crippen LogP) is 1.28. The summed E-state index contributed by atoms with van der Waals surface area (Å²) in [5.41, 5.74) is 3.68. The number of hydrogen-bond acceptors (Lipinski definition) is 6. The Hall–Kier alpha value is -3.62. The first-order chi connectivity index (χ1) is 14.2. The fraction of sp³-hybridized carbons (Fsp3) is 0.300. The zero-order chi connectivity index (χ0) is 19.8. The second-order valence-electron chi connectivity index (χ2n) is 7.02. The average Bonchev–Trinajstić information content (AvgIpc) is 3.47. The third-order valence-electron chi connectivity index (χ3n) is 5.12. The number of amides is 1. The van der Waals surface area contributed by atoms with Crippen molar-refractivity contribution in [3.05, 3.63) is 57.6 Å². The molecule has 5 rings (SSSR count). The van der Waals surface area contributed by atoms with Crippen molar-refractivity contribution in [2.75, 3.05) is 13.3 Å². The van der Waals surface area contributed by atoms with E-state index in [4.69, 9.17) is 9.47 Å². The number of hydrogen-bond donors (Lipinski definition) is 2. The van der Waals surface area contributed by atoms with Crippen LogP contribution in [0.5, 0.6) is 11.5 Å². The van der Waals surface area contributed by atoms with E-state index in [1.54, 1.807) is 12.1 Å². The SMILES string of the molecule is O=C(NCCn1nc2c(cc1=O)CCC2)c1cc(-c2ccc3c(c2)OCO3)n[nH]1. The summed E-state index contributed by atoms with van der Waals surface area (Å²) in [5.74, 6) is 1.06. The van der Waals surface area contributed by atoms with Gasteiger partial charge in [-0.3, -0.25) is 14.7 Å². The van der Waals surface area contributed by atoms with Crippen LogP contribution in [0, 0.1) is 0 Å². The molecule has 1 amide bonds. The molecule has 0 radical (unpaired) electrons. The van der Waals surface area contributed by atoms with E-state index in [1.807, 2.05) is 18.2 Å². The highest BCUT2D eigenvalue weighted by Gasteiger charge is 2.17. The lowest BCUT2D eigenvalue weighted by atomic mass is 10.1. The number of nitrogens with one attached hydrogen (secondary N) is 2. The molecule has 2 aromatic heterocycles. The number of H-pyrrole nitrogens is 1. The zero-order valence-electron chi connectivity index (χ0n) is 15.6. The Bertz CT molecular complexity index is 1150. The number of benzene rings is 1. The Morgan fingerprint density at radius 3 is 3.00 bits per heavy atom. The van der Waals surface area contributed by atoms with Gasteiger partial charge in [0, 0.05) is 18.2 Å². The Morgan fingerprint density at radius 2 is 2.07 bits per heavy atom. The molecule has 9 heteroatoms. The van der Waals surface area contributed by atoms with Gasteiger partial charge in [-0.15, -0.1) is 0 Å². The molecule has 2 N–H and O–H groups in total. The molecule has 3 heterocycles. The molecule has 0 atom stereocenters. The summed E-state index contributed by atoms with van der Waals surface area (Å²) in [6.45, 7) is 0.819. The van der Waals surface area contributed by atoms with Gasteiger partial charge in [-0.25, -0.2) is 4.68 Å². The molecule has 0 bridgehead atoms. The van der Waals surface area contributed by atoms with Crippen LogP contribution >= 0.6 is 0 Å². The predicted molar refractivity (Wildman–Crippen MR) is 103 cm³/mol. The van der Waals surface area contributed by atoms with E-state index in [0.29, 0.717) is 36.0 Å². The highest BCUT2D eigenvalue weighted by Crippen LogP contribution is 2.35. The van der Waals surface area contributed by atoms with E-state index in [-0.39, 0.29) is 18.3 Å². The Balaban J connectivity index is 1.23. The van der Waals surface area contributed by atoms with Gasteiger partial charge in [-0.05, 0) is 49.1 Å². The summed E-state index contributed by atoms with van der Waals surface area (Å²) >= 11 is 0. The number of carbonyl (C=O) groups is 1. The number of aromatic nitrogens is 4. The van der Waals surface area contributed by atoms with E-state index < -0.39 is 0 Å². The minimum atomic E-state index is -0.293. The maximum atomic E-state index is 12.4. The minimum absolute atomic E-state index is 0.133. The average molecular weight is 393 g/mol. The third kappa shape index (κ3) is 3.35. The number of nitrogens with zero attached hydrogens (tertiary/aromatic N) is 3. The summed E-state index contributed by atoms with van der Waals surface area (Å²) in [6.07, 6.45) is 2.85. The van der Waals surface area contributed by atoms with Crippen molar-refractivity contribution < 1.29 is 14.3 Å². The van der Waals surface area contributed by atoms with Crippen molar-refractivity contribution >= 4 is 5.91 Å². The molecule has 0 spiro atoms. The van der Waals surface area contributed by atoms with Crippen LogP contribution in [-0.4, -0.2) is 39.2 Å². The number of carbonyl (C=O) groups excluding carboxylic acids is 1. The number of aromatic amines is 1. The standard InChI is InChI=1S/C20H19N5O4/c26-19-9-12-2-1-3-14(12)24-25(19)7-6-21-20(27)16-10-15(22-23-16)13-4-5-17-18(8-13)29-11-28-17/h4-5,8-10H,1-3,6-7,11H2,(H,21,27)(H,22,23). The monoisotopic (exact) mass is 393 g/mol. The van der Waals surface area contributed by atoms with E-state index in [2.05, 4.69) is 20.6 Å². The molecule has 0 saturated carbocycles. The van der Waals surface area contributed by atoms with Gasteiger partial charge in [0.15, 0.2) is 11.5 Å². The fourth-order valence-electron chi connectivity index (χ4n) is 3.61. The first kappa shape index (κ1) is 17.5. The summed E-state index contributed by atoms with van der Waals surface area (Å²) in [7, 11) is 0. The van der Waals surface area contributed by atoms with Gasteiger partial charge in [0.05, 0.1) is 17.9 Å². The van der Waals surface area contributed by atoms with Crippen molar-refractivity contribution in [2.45, 2.75) is 25.8 Å². The van der Waals surface area contributed by atoms with E-state index in [0.717, 1.165) is 36.1 Å². The first-order valence-corrected chi connectivity index (χ1v) is 9.51. The van der Waals surface area contributed by atoms with Gasteiger partial charge in [0.2, 0.25) is 6.79 Å².